The van der Waals surface area contributed by atoms with Crippen LogP contribution in [-0.2, 0) is 4.79 Å². The average Bonchev–Trinajstić information content (AvgIpc) is 2.36. The summed E-state index contributed by atoms with van der Waals surface area (Å²) in [6, 6.07) is 10.2. The van der Waals surface area contributed by atoms with Gasteiger partial charge in [0.1, 0.15) is 5.78 Å². The zero-order valence-electron chi connectivity index (χ0n) is 10.8. The molecule has 94 valence electrons. The van der Waals surface area contributed by atoms with Crippen LogP contribution >= 0.6 is 15.9 Å². The number of nitrogens with zero attached hydrogens (tertiary/aromatic N) is 1. The van der Waals surface area contributed by atoms with E-state index in [1.165, 1.54) is 0 Å². The minimum Gasteiger partial charge on any atom is -0.299 e. The zero-order chi connectivity index (χ0) is 13.3. The molecule has 0 aliphatic carbocycles. The Morgan fingerprint density at radius 3 is 2.67 bits per heavy atom. The third-order valence-corrected chi connectivity index (χ3v) is 4.65. The van der Waals surface area contributed by atoms with Crippen LogP contribution < -0.4 is 0 Å². The van der Waals surface area contributed by atoms with Crippen LogP contribution in [-0.4, -0.2) is 15.6 Å². The maximum Gasteiger partial charge on any atom is 0.144 e. The van der Waals surface area contributed by atoms with Crippen molar-refractivity contribution in [1.82, 2.24) is 4.98 Å². The molecule has 2 unspecified atom stereocenters. The van der Waals surface area contributed by atoms with Crippen LogP contribution in [0.5, 0.6) is 0 Å². The smallest absolute Gasteiger partial charge is 0.144 e. The van der Waals surface area contributed by atoms with E-state index in [4.69, 9.17) is 0 Å². The number of aryl methyl sites for hydroxylation is 1. The predicted octanol–water partition coefficient (Wildman–Crippen LogP) is 4.00. The molecule has 0 saturated heterocycles. The molecule has 0 spiro atoms. The number of carbonyl (C=O) groups is 1. The molecule has 0 amide bonds. The van der Waals surface area contributed by atoms with E-state index < -0.39 is 0 Å². The molecule has 2 aromatic rings. The van der Waals surface area contributed by atoms with Crippen molar-refractivity contribution < 1.29 is 4.79 Å². The molecule has 0 fully saturated rings. The zero-order valence-corrected chi connectivity index (χ0v) is 12.4. The summed E-state index contributed by atoms with van der Waals surface area (Å²) in [4.78, 5) is 15.9. The maximum absolute atomic E-state index is 11.5. The lowest BCUT2D eigenvalue weighted by Gasteiger charge is -2.18. The van der Waals surface area contributed by atoms with E-state index in [1.54, 1.807) is 6.92 Å². The second kappa shape index (κ2) is 5.19. The monoisotopic (exact) mass is 305 g/mol. The number of hydrogen-bond donors (Lipinski definition) is 0. The molecule has 0 bridgehead atoms. The first kappa shape index (κ1) is 13.2. The fourth-order valence-corrected chi connectivity index (χ4v) is 2.43. The first-order valence-electron chi connectivity index (χ1n) is 6.01. The van der Waals surface area contributed by atoms with E-state index in [0.717, 1.165) is 22.2 Å². The lowest BCUT2D eigenvalue weighted by atomic mass is 9.93. The molecule has 0 aliphatic rings. The van der Waals surface area contributed by atoms with Gasteiger partial charge in [-0.2, -0.15) is 0 Å². The molecular formula is C15H16BrNO. The van der Waals surface area contributed by atoms with Gasteiger partial charge in [-0.1, -0.05) is 47.1 Å². The van der Waals surface area contributed by atoms with Crippen molar-refractivity contribution in [3.05, 3.63) is 41.6 Å². The molecule has 18 heavy (non-hydrogen) atoms. The summed E-state index contributed by atoms with van der Waals surface area (Å²) in [6.07, 6.45) is 0. The summed E-state index contributed by atoms with van der Waals surface area (Å²) in [5.74, 6) is 0.257. The molecular weight excluding hydrogens is 290 g/mol. The largest absolute Gasteiger partial charge is 0.299 e. The van der Waals surface area contributed by atoms with Crippen LogP contribution in [0.25, 0.3) is 10.9 Å². The van der Waals surface area contributed by atoms with Gasteiger partial charge in [0.05, 0.1) is 10.3 Å². The second-order valence-electron chi connectivity index (χ2n) is 4.67. The molecule has 3 heteroatoms. The third kappa shape index (κ3) is 2.46. The lowest BCUT2D eigenvalue weighted by Crippen LogP contribution is -2.18. The Balaban J connectivity index is 2.56. The number of pyridine rings is 1. The number of para-hydroxylation sites is 1. The first-order chi connectivity index (χ1) is 8.50. The standard InChI is InChI=1S/C15H16BrNO/c1-9-7-8-12-5-4-6-13(15(12)17-9)10(2)14(16)11(3)18/h4-8,10,14H,1-3H3. The highest BCUT2D eigenvalue weighted by atomic mass is 79.9. The van der Waals surface area contributed by atoms with Crippen LogP contribution in [0.3, 0.4) is 0 Å². The van der Waals surface area contributed by atoms with Gasteiger partial charge < -0.3 is 0 Å². The topological polar surface area (TPSA) is 30.0 Å². The number of benzene rings is 1. The minimum atomic E-state index is -0.162. The first-order valence-corrected chi connectivity index (χ1v) is 6.93. The highest BCUT2D eigenvalue weighted by molar-refractivity contribution is 9.10. The summed E-state index contributed by atoms with van der Waals surface area (Å²) in [6.45, 7) is 5.65. The number of carbonyl (C=O) groups excluding carboxylic acids is 1. The van der Waals surface area contributed by atoms with Gasteiger partial charge >= 0.3 is 0 Å². The molecule has 0 saturated carbocycles. The molecule has 1 heterocycles. The highest BCUT2D eigenvalue weighted by Gasteiger charge is 2.22. The van der Waals surface area contributed by atoms with E-state index in [0.29, 0.717) is 0 Å². The molecule has 2 nitrogen and oxygen atoms in total. The molecule has 0 aliphatic heterocycles. The number of fused-ring (bicyclic) bond motifs is 1. The van der Waals surface area contributed by atoms with Gasteiger partial charge in [0, 0.05) is 17.0 Å². The van der Waals surface area contributed by atoms with Crippen LogP contribution in [0.4, 0.5) is 0 Å². The van der Waals surface area contributed by atoms with Crippen LogP contribution in [0.2, 0.25) is 0 Å². The van der Waals surface area contributed by atoms with Gasteiger partial charge in [-0.15, -0.1) is 0 Å². The Bertz CT molecular complexity index is 594. The summed E-state index contributed by atoms with van der Waals surface area (Å²) < 4.78 is 0. The molecule has 2 atom stereocenters. The number of rotatable bonds is 3. The van der Waals surface area contributed by atoms with E-state index in [1.807, 2.05) is 19.1 Å². The number of alkyl halides is 1. The molecule has 2 rings (SSSR count). The van der Waals surface area contributed by atoms with Crippen molar-refractivity contribution >= 4 is 32.6 Å². The average molecular weight is 306 g/mol. The van der Waals surface area contributed by atoms with Crippen LogP contribution in [0, 0.1) is 6.92 Å². The normalized spacial score (nSPS) is 14.4. The number of ketones is 1. The number of Topliss-reactive ketones (excluding diaryl/α,β-unsaturated/α-hetero) is 1. The van der Waals surface area contributed by atoms with Gasteiger partial charge in [-0.3, -0.25) is 9.78 Å². The van der Waals surface area contributed by atoms with Gasteiger partial charge in [-0.05, 0) is 25.5 Å². The Labute approximate surface area is 116 Å². The summed E-state index contributed by atoms with van der Waals surface area (Å²) >= 11 is 3.47. The van der Waals surface area contributed by atoms with Gasteiger partial charge in [0.2, 0.25) is 0 Å². The predicted molar refractivity (Wildman–Crippen MR) is 78.3 cm³/mol. The SMILES string of the molecule is CC(=O)C(Br)C(C)c1cccc2ccc(C)nc12. The van der Waals surface area contributed by atoms with Crippen molar-refractivity contribution in [2.45, 2.75) is 31.5 Å². The van der Waals surface area contributed by atoms with Gasteiger partial charge in [0.25, 0.3) is 0 Å². The Morgan fingerprint density at radius 2 is 2.00 bits per heavy atom. The number of aromatic nitrogens is 1. The Kier molecular flexibility index (Phi) is 3.81. The fourth-order valence-electron chi connectivity index (χ4n) is 2.14. The van der Waals surface area contributed by atoms with E-state index in [-0.39, 0.29) is 16.5 Å². The molecule has 0 N–H and O–H groups in total. The number of halogens is 1. The van der Waals surface area contributed by atoms with Crippen LogP contribution in [0.15, 0.2) is 30.3 Å². The van der Waals surface area contributed by atoms with Crippen molar-refractivity contribution in [3.8, 4) is 0 Å². The van der Waals surface area contributed by atoms with Crippen LogP contribution in [0.1, 0.15) is 31.0 Å². The highest BCUT2D eigenvalue weighted by Crippen LogP contribution is 2.30. The van der Waals surface area contributed by atoms with E-state index in [9.17, 15) is 4.79 Å². The lowest BCUT2D eigenvalue weighted by molar-refractivity contribution is -0.116. The Hall–Kier alpha value is -1.22. The summed E-state index contributed by atoms with van der Waals surface area (Å²) in [7, 11) is 0. The third-order valence-electron chi connectivity index (χ3n) is 3.21. The summed E-state index contributed by atoms with van der Waals surface area (Å²) in [5.41, 5.74) is 3.11. The maximum atomic E-state index is 11.5. The number of hydrogen-bond acceptors (Lipinski definition) is 2. The van der Waals surface area contributed by atoms with E-state index >= 15 is 0 Å². The van der Waals surface area contributed by atoms with Crippen molar-refractivity contribution in [2.75, 3.05) is 0 Å². The van der Waals surface area contributed by atoms with Gasteiger partial charge in [-0.25, -0.2) is 0 Å². The van der Waals surface area contributed by atoms with Gasteiger partial charge in [0.15, 0.2) is 0 Å². The van der Waals surface area contributed by atoms with Crippen molar-refractivity contribution in [1.29, 1.82) is 0 Å². The van der Waals surface area contributed by atoms with Crippen molar-refractivity contribution in [2.24, 2.45) is 0 Å². The molecule has 1 aromatic carbocycles. The molecule has 1 aromatic heterocycles. The quantitative estimate of drug-likeness (QED) is 0.802. The molecule has 0 radical (unpaired) electrons. The summed E-state index contributed by atoms with van der Waals surface area (Å²) in [5, 5.41) is 1.12. The fraction of sp³-hybridized carbons (Fsp3) is 0.333. The Morgan fingerprint density at radius 1 is 1.28 bits per heavy atom. The second-order valence-corrected chi connectivity index (χ2v) is 5.66. The van der Waals surface area contributed by atoms with E-state index in [2.05, 4.69) is 46.0 Å². The van der Waals surface area contributed by atoms with Crippen molar-refractivity contribution in [3.63, 3.8) is 0 Å². The minimum absolute atomic E-state index is 0.112.